The van der Waals surface area contributed by atoms with Gasteiger partial charge in [-0.3, -0.25) is 0 Å². The number of benzene rings is 4. The van der Waals surface area contributed by atoms with E-state index < -0.39 is 0 Å². The maximum Gasteiger partial charge on any atom is 0.119 e. The third kappa shape index (κ3) is 5.79. The van der Waals surface area contributed by atoms with Crippen molar-refractivity contribution in [1.29, 1.82) is 0 Å². The third-order valence-corrected chi connectivity index (χ3v) is 9.68. The summed E-state index contributed by atoms with van der Waals surface area (Å²) in [6, 6.07) is 25.6. The molecule has 0 N–H and O–H groups in total. The molecule has 4 aromatic rings. The Bertz CT molecular complexity index is 1560. The van der Waals surface area contributed by atoms with E-state index in [0.29, 0.717) is 52.9 Å². The van der Waals surface area contributed by atoms with Gasteiger partial charge in [0.15, 0.2) is 0 Å². The second kappa shape index (κ2) is 12.7. The minimum absolute atomic E-state index is 0.489. The summed E-state index contributed by atoms with van der Waals surface area (Å²) in [5.74, 6) is 3.47. The second-order valence-electron chi connectivity index (χ2n) is 12.9. The van der Waals surface area contributed by atoms with Crippen molar-refractivity contribution < 1.29 is 28.4 Å². The number of rotatable bonds is 0. The summed E-state index contributed by atoms with van der Waals surface area (Å²) < 4.78 is 36.1. The van der Waals surface area contributed by atoms with E-state index in [0.717, 1.165) is 62.5 Å². The van der Waals surface area contributed by atoms with Gasteiger partial charge in [-0.2, -0.15) is 0 Å². The lowest BCUT2D eigenvalue weighted by Gasteiger charge is -2.45. The van der Waals surface area contributed by atoms with Gasteiger partial charge in [-0.1, -0.05) is 0 Å². The summed E-state index contributed by atoms with van der Waals surface area (Å²) in [7, 11) is 0. The molecule has 0 amide bonds. The van der Waals surface area contributed by atoms with E-state index in [1.54, 1.807) is 0 Å². The van der Waals surface area contributed by atoms with Crippen LogP contribution in [0.1, 0.15) is 22.3 Å². The predicted octanol–water partition coefficient (Wildman–Crippen LogP) is 5.54. The lowest BCUT2D eigenvalue weighted by molar-refractivity contribution is 0.0763. The highest BCUT2D eigenvalue weighted by Crippen LogP contribution is 2.42. The Balaban J connectivity index is 0.894. The predicted molar refractivity (Wildman–Crippen MR) is 184 cm³/mol. The fourth-order valence-corrected chi connectivity index (χ4v) is 7.51. The maximum absolute atomic E-state index is 6.09. The van der Waals surface area contributed by atoms with Crippen LogP contribution in [0, 0.1) is 0 Å². The van der Waals surface area contributed by atoms with Crippen molar-refractivity contribution in [3.8, 4) is 23.0 Å². The molecule has 0 fully saturated rings. The molecular weight excluding hydrogens is 608 g/mol. The molecule has 14 heterocycles. The minimum Gasteiger partial charge on any atom is -0.491 e. The molecule has 48 heavy (non-hydrogen) atoms. The first kappa shape index (κ1) is 29.3. The van der Waals surface area contributed by atoms with Gasteiger partial charge in [-0.25, -0.2) is 0 Å². The first-order valence-corrected chi connectivity index (χ1v) is 16.9. The van der Waals surface area contributed by atoms with Gasteiger partial charge in [-0.05, 0) is 95.1 Å². The van der Waals surface area contributed by atoms with Crippen LogP contribution in [0.4, 0.5) is 22.7 Å². The number of nitrogens with zero attached hydrogens (tertiary/aromatic N) is 4. The van der Waals surface area contributed by atoms with E-state index in [1.807, 2.05) is 0 Å². The summed E-state index contributed by atoms with van der Waals surface area (Å²) in [6.07, 6.45) is 0. The zero-order valence-electron chi connectivity index (χ0n) is 27.1. The van der Waals surface area contributed by atoms with Crippen LogP contribution in [0.25, 0.3) is 0 Å². The molecule has 0 radical (unpaired) electrons. The maximum atomic E-state index is 6.09. The molecule has 4 aromatic carbocycles. The van der Waals surface area contributed by atoms with Gasteiger partial charge >= 0.3 is 0 Å². The van der Waals surface area contributed by atoms with Crippen molar-refractivity contribution in [2.24, 2.45) is 0 Å². The van der Waals surface area contributed by atoms with Gasteiger partial charge in [-0.15, -0.1) is 0 Å². The highest BCUT2D eigenvalue weighted by molar-refractivity contribution is 5.70. The van der Waals surface area contributed by atoms with Crippen LogP contribution in [-0.2, 0) is 35.7 Å². The Hall–Kier alpha value is -4.80. The Morgan fingerprint density at radius 2 is 0.604 bits per heavy atom. The van der Waals surface area contributed by atoms with Crippen LogP contribution in [0.3, 0.4) is 0 Å². The van der Waals surface area contributed by atoms with E-state index in [2.05, 4.69) is 92.4 Å². The van der Waals surface area contributed by atoms with E-state index in [1.165, 1.54) is 45.0 Å². The smallest absolute Gasteiger partial charge is 0.119 e. The summed E-state index contributed by atoms with van der Waals surface area (Å²) in [5, 5.41) is 0. The lowest BCUT2D eigenvalue weighted by atomic mass is 10.0. The first-order valence-electron chi connectivity index (χ1n) is 16.9. The summed E-state index contributed by atoms with van der Waals surface area (Å²) in [6.45, 7) is 9.07. The zero-order chi connectivity index (χ0) is 31.9. The Labute approximate surface area is 280 Å². The average Bonchev–Trinajstić information content (AvgIpc) is 3.10. The fraction of sp³-hybridized carbons (Fsp3) is 0.368. The van der Waals surface area contributed by atoms with Crippen LogP contribution in [-0.4, -0.2) is 66.2 Å². The van der Waals surface area contributed by atoms with E-state index in [4.69, 9.17) is 28.4 Å². The van der Waals surface area contributed by atoms with Crippen molar-refractivity contribution in [2.75, 3.05) is 85.8 Å². The normalized spacial score (nSPS) is 18.8. The fourth-order valence-electron chi connectivity index (χ4n) is 7.51. The Morgan fingerprint density at radius 3 is 0.875 bits per heavy atom. The van der Waals surface area contributed by atoms with Crippen molar-refractivity contribution in [2.45, 2.75) is 26.2 Å². The summed E-state index contributed by atoms with van der Waals surface area (Å²) in [4.78, 5) is 9.66. The Morgan fingerprint density at radius 1 is 0.333 bits per heavy atom. The summed E-state index contributed by atoms with van der Waals surface area (Å²) in [5.41, 5.74) is 10.1. The molecule has 10 nitrogen and oxygen atoms in total. The number of ether oxygens (including phenoxy) is 6. The SMILES string of the molecule is c1cc2c3cc1OCCOCCOc1ccc4c(c1)CN1CN4Cc4cc(ccc41)OCCOCCOc1ccc4c(c1)CN2CN4C3. The molecule has 16 bridgehead atoms. The van der Waals surface area contributed by atoms with Crippen LogP contribution >= 0.6 is 0 Å². The topological polar surface area (TPSA) is 68.3 Å². The van der Waals surface area contributed by atoms with Gasteiger partial charge in [0.1, 0.15) is 49.4 Å². The number of hydrogen-bond donors (Lipinski definition) is 0. The molecular formula is C38H40N4O6. The minimum atomic E-state index is 0.489. The van der Waals surface area contributed by atoms with Crippen molar-refractivity contribution >= 4 is 22.7 Å². The average molecular weight is 649 g/mol. The molecule has 0 unspecified atom stereocenters. The van der Waals surface area contributed by atoms with Crippen LogP contribution in [0.2, 0.25) is 0 Å². The van der Waals surface area contributed by atoms with Crippen LogP contribution in [0.5, 0.6) is 23.0 Å². The first-order chi connectivity index (χ1) is 23.7. The van der Waals surface area contributed by atoms with Crippen LogP contribution in [0.15, 0.2) is 72.8 Å². The van der Waals surface area contributed by atoms with Crippen molar-refractivity contribution in [3.05, 3.63) is 95.1 Å². The molecule has 0 aromatic heterocycles. The second-order valence-corrected chi connectivity index (χ2v) is 12.9. The van der Waals surface area contributed by atoms with Crippen molar-refractivity contribution in [1.82, 2.24) is 0 Å². The van der Waals surface area contributed by atoms with Gasteiger partial charge in [0.2, 0.25) is 0 Å². The lowest BCUT2D eigenvalue weighted by Crippen LogP contribution is -2.46. The van der Waals surface area contributed by atoms with Gasteiger partial charge < -0.3 is 48.0 Å². The van der Waals surface area contributed by atoms with Crippen molar-refractivity contribution in [3.63, 3.8) is 0 Å². The Kier molecular flexibility index (Phi) is 7.74. The molecule has 0 spiro atoms. The van der Waals surface area contributed by atoms with E-state index >= 15 is 0 Å². The molecule has 10 heteroatoms. The molecule has 0 saturated carbocycles. The van der Waals surface area contributed by atoms with E-state index in [-0.39, 0.29) is 0 Å². The third-order valence-electron chi connectivity index (χ3n) is 9.68. The van der Waals surface area contributed by atoms with Gasteiger partial charge in [0.25, 0.3) is 0 Å². The van der Waals surface area contributed by atoms with Gasteiger partial charge in [0, 0.05) is 48.9 Å². The number of anilines is 4. The zero-order valence-corrected chi connectivity index (χ0v) is 27.1. The van der Waals surface area contributed by atoms with Gasteiger partial charge in [0.05, 0.1) is 39.8 Å². The molecule has 18 rings (SSSR count). The quantitative estimate of drug-likeness (QED) is 0.243. The standard InChI is InChI=1S/C38H40N4O6/c1-5-35-27-17-31(1)45-13-9-43-10-14-46-33-3-7-37-29(19-33)23-41-26-42(37)24-30-20-34(4-8-38(30)41)48-16-12-44-11-15-47-32-2-6-36-28(18-32)22-39(35)25-40(36)21-27/h1-8,17-20H,9-16,21-26H2. The van der Waals surface area contributed by atoms with Crippen LogP contribution < -0.4 is 38.5 Å². The molecule has 0 aliphatic carbocycles. The molecule has 0 atom stereocenters. The molecule has 14 aliphatic rings. The highest BCUT2D eigenvalue weighted by atomic mass is 16.5. The molecule has 14 aliphatic heterocycles. The largest absolute Gasteiger partial charge is 0.491 e. The highest BCUT2D eigenvalue weighted by Gasteiger charge is 2.31. The molecule has 0 saturated heterocycles. The monoisotopic (exact) mass is 648 g/mol. The van der Waals surface area contributed by atoms with E-state index in [9.17, 15) is 0 Å². The number of hydrogen-bond acceptors (Lipinski definition) is 10. The summed E-state index contributed by atoms with van der Waals surface area (Å²) >= 11 is 0. The molecule has 248 valence electrons.